The highest BCUT2D eigenvalue weighted by Crippen LogP contribution is 2.35. The number of benzene rings is 1. The number of rotatable bonds is 7. The number of ether oxygens (including phenoxy) is 1. The standard InChI is InChI=1S/C18H21F2N3O4S/c19-13-6-7-14(20)16(9-13)28(24,25)23-8-2-1-3-15(23)18-21-17(27-22-18)11-26-10-12-4-5-12/h6-7,9,12,15H,1-5,8,10-11H2. The van der Waals surface area contributed by atoms with Crippen LogP contribution < -0.4 is 0 Å². The minimum absolute atomic E-state index is 0.168. The Morgan fingerprint density at radius 3 is 2.82 bits per heavy atom. The first-order valence-electron chi connectivity index (χ1n) is 9.32. The van der Waals surface area contributed by atoms with Gasteiger partial charge in [0.25, 0.3) is 5.89 Å². The summed E-state index contributed by atoms with van der Waals surface area (Å²) < 4.78 is 65.5. The van der Waals surface area contributed by atoms with E-state index >= 15 is 0 Å². The van der Waals surface area contributed by atoms with Gasteiger partial charge in [-0.1, -0.05) is 11.6 Å². The minimum Gasteiger partial charge on any atom is -0.371 e. The van der Waals surface area contributed by atoms with Crippen LogP contribution >= 0.6 is 0 Å². The second-order valence-electron chi connectivity index (χ2n) is 7.21. The zero-order valence-corrected chi connectivity index (χ0v) is 16.0. The lowest BCUT2D eigenvalue weighted by Gasteiger charge is -2.32. The van der Waals surface area contributed by atoms with Gasteiger partial charge in [-0.3, -0.25) is 0 Å². The Hall–Kier alpha value is -1.91. The molecule has 28 heavy (non-hydrogen) atoms. The highest BCUT2D eigenvalue weighted by molar-refractivity contribution is 7.89. The molecule has 1 unspecified atom stereocenters. The van der Waals surface area contributed by atoms with Gasteiger partial charge in [0.2, 0.25) is 10.0 Å². The third-order valence-corrected chi connectivity index (χ3v) is 6.91. The van der Waals surface area contributed by atoms with Crippen molar-refractivity contribution < 1.29 is 26.5 Å². The summed E-state index contributed by atoms with van der Waals surface area (Å²) in [6.45, 7) is 0.979. The molecule has 1 aliphatic carbocycles. The first-order chi connectivity index (χ1) is 13.4. The summed E-state index contributed by atoms with van der Waals surface area (Å²) in [5, 5.41) is 3.91. The average molecular weight is 413 g/mol. The van der Waals surface area contributed by atoms with Gasteiger partial charge >= 0.3 is 0 Å². The molecule has 0 amide bonds. The molecule has 152 valence electrons. The molecular weight excluding hydrogens is 392 g/mol. The van der Waals surface area contributed by atoms with E-state index in [0.29, 0.717) is 31.4 Å². The lowest BCUT2D eigenvalue weighted by atomic mass is 10.0. The van der Waals surface area contributed by atoms with Crippen LogP contribution in [-0.2, 0) is 21.4 Å². The summed E-state index contributed by atoms with van der Waals surface area (Å²) in [6, 6.07) is 1.70. The number of nitrogens with zero attached hydrogens (tertiary/aromatic N) is 3. The van der Waals surface area contributed by atoms with E-state index in [1.54, 1.807) is 0 Å². The number of aromatic nitrogens is 2. The molecule has 2 aliphatic rings. The monoisotopic (exact) mass is 413 g/mol. The Morgan fingerprint density at radius 2 is 2.04 bits per heavy atom. The first kappa shape index (κ1) is 19.4. The zero-order valence-electron chi connectivity index (χ0n) is 15.2. The van der Waals surface area contributed by atoms with Gasteiger partial charge in [0.15, 0.2) is 5.82 Å². The van der Waals surface area contributed by atoms with Crippen molar-refractivity contribution in [2.45, 2.75) is 49.6 Å². The fourth-order valence-electron chi connectivity index (χ4n) is 3.31. The number of piperidine rings is 1. The van der Waals surface area contributed by atoms with Crippen molar-refractivity contribution in [1.29, 1.82) is 0 Å². The Kier molecular flexibility index (Phi) is 5.44. The van der Waals surface area contributed by atoms with Gasteiger partial charge in [-0.25, -0.2) is 17.2 Å². The molecule has 1 saturated heterocycles. The van der Waals surface area contributed by atoms with Crippen molar-refractivity contribution in [2.75, 3.05) is 13.2 Å². The maximum atomic E-state index is 14.1. The second kappa shape index (κ2) is 7.84. The molecule has 1 aromatic heterocycles. The first-order valence-corrected chi connectivity index (χ1v) is 10.8. The van der Waals surface area contributed by atoms with Crippen LogP contribution in [-0.4, -0.2) is 36.0 Å². The van der Waals surface area contributed by atoms with Crippen LogP contribution in [0.15, 0.2) is 27.6 Å². The van der Waals surface area contributed by atoms with Gasteiger partial charge in [0, 0.05) is 6.54 Å². The van der Waals surface area contributed by atoms with E-state index in [-0.39, 0.29) is 24.9 Å². The zero-order chi connectivity index (χ0) is 19.7. The Balaban J connectivity index is 1.55. The van der Waals surface area contributed by atoms with Gasteiger partial charge in [0.05, 0.1) is 12.6 Å². The molecule has 0 bridgehead atoms. The molecule has 2 fully saturated rings. The van der Waals surface area contributed by atoms with Crippen molar-refractivity contribution in [2.24, 2.45) is 5.92 Å². The van der Waals surface area contributed by atoms with Crippen LogP contribution in [0.1, 0.15) is 49.9 Å². The van der Waals surface area contributed by atoms with Crippen molar-refractivity contribution in [3.8, 4) is 0 Å². The summed E-state index contributed by atoms with van der Waals surface area (Å²) in [5.74, 6) is -0.723. The molecule has 0 N–H and O–H groups in total. The summed E-state index contributed by atoms with van der Waals surface area (Å²) in [6.07, 6.45) is 4.19. The lowest BCUT2D eigenvalue weighted by Crippen LogP contribution is -2.39. The predicted molar refractivity (Wildman–Crippen MR) is 93.5 cm³/mol. The quantitative estimate of drug-likeness (QED) is 0.693. The predicted octanol–water partition coefficient (Wildman–Crippen LogP) is 3.19. The Bertz CT molecular complexity index is 946. The lowest BCUT2D eigenvalue weighted by molar-refractivity contribution is 0.0894. The summed E-state index contributed by atoms with van der Waals surface area (Å²) in [7, 11) is -4.26. The van der Waals surface area contributed by atoms with Gasteiger partial charge in [-0.15, -0.1) is 0 Å². The van der Waals surface area contributed by atoms with Gasteiger partial charge in [-0.2, -0.15) is 9.29 Å². The van der Waals surface area contributed by atoms with Crippen LogP contribution in [0.4, 0.5) is 8.78 Å². The highest BCUT2D eigenvalue weighted by atomic mass is 32.2. The fourth-order valence-corrected chi connectivity index (χ4v) is 5.04. The van der Waals surface area contributed by atoms with Crippen LogP contribution in [0.5, 0.6) is 0 Å². The molecule has 2 aromatic rings. The van der Waals surface area contributed by atoms with E-state index in [1.807, 2.05) is 0 Å². The third-order valence-electron chi connectivity index (χ3n) is 4.99. The molecule has 1 aromatic carbocycles. The Labute approximate surface area is 161 Å². The molecule has 10 heteroatoms. The summed E-state index contributed by atoms with van der Waals surface area (Å²) in [4.78, 5) is 3.59. The molecular formula is C18H21F2N3O4S. The Morgan fingerprint density at radius 1 is 1.21 bits per heavy atom. The molecule has 2 heterocycles. The fraction of sp³-hybridized carbons (Fsp3) is 0.556. The third kappa shape index (κ3) is 4.08. The molecule has 4 rings (SSSR count). The number of hydrogen-bond acceptors (Lipinski definition) is 6. The minimum atomic E-state index is -4.26. The van der Waals surface area contributed by atoms with Crippen LogP contribution in [0, 0.1) is 17.6 Å². The van der Waals surface area contributed by atoms with Crippen molar-refractivity contribution in [3.05, 3.63) is 41.5 Å². The van der Waals surface area contributed by atoms with E-state index < -0.39 is 32.6 Å². The van der Waals surface area contributed by atoms with E-state index in [4.69, 9.17) is 9.26 Å². The molecule has 7 nitrogen and oxygen atoms in total. The molecule has 0 spiro atoms. The average Bonchev–Trinajstić information content (AvgIpc) is 3.39. The van der Waals surface area contributed by atoms with Crippen molar-refractivity contribution in [3.63, 3.8) is 0 Å². The SMILES string of the molecule is O=S(=O)(c1cc(F)ccc1F)N1CCCCC1c1noc(COCC2CC2)n1. The maximum absolute atomic E-state index is 14.1. The number of halogens is 2. The maximum Gasteiger partial charge on any atom is 0.252 e. The molecule has 1 aliphatic heterocycles. The normalized spacial score (nSPS) is 21.1. The summed E-state index contributed by atoms with van der Waals surface area (Å²) >= 11 is 0. The second-order valence-corrected chi connectivity index (χ2v) is 9.07. The van der Waals surface area contributed by atoms with E-state index in [9.17, 15) is 17.2 Å². The van der Waals surface area contributed by atoms with Crippen molar-refractivity contribution >= 4 is 10.0 Å². The van der Waals surface area contributed by atoms with E-state index in [1.165, 1.54) is 12.8 Å². The molecule has 1 saturated carbocycles. The van der Waals surface area contributed by atoms with Gasteiger partial charge in [-0.05, 0) is 49.8 Å². The number of hydrogen-bond donors (Lipinski definition) is 0. The van der Waals surface area contributed by atoms with E-state index in [0.717, 1.165) is 22.9 Å². The number of sulfonamides is 1. The molecule has 1 atom stereocenters. The largest absolute Gasteiger partial charge is 0.371 e. The van der Waals surface area contributed by atoms with Crippen molar-refractivity contribution in [1.82, 2.24) is 14.4 Å². The highest BCUT2D eigenvalue weighted by Gasteiger charge is 2.38. The molecule has 0 radical (unpaired) electrons. The van der Waals surface area contributed by atoms with Crippen LogP contribution in [0.25, 0.3) is 0 Å². The topological polar surface area (TPSA) is 85.5 Å². The van der Waals surface area contributed by atoms with Crippen LogP contribution in [0.2, 0.25) is 0 Å². The van der Waals surface area contributed by atoms with Gasteiger partial charge in [0.1, 0.15) is 23.1 Å². The van der Waals surface area contributed by atoms with Gasteiger partial charge < -0.3 is 9.26 Å². The van der Waals surface area contributed by atoms with E-state index in [2.05, 4.69) is 10.1 Å². The van der Waals surface area contributed by atoms with Crippen LogP contribution in [0.3, 0.4) is 0 Å². The summed E-state index contributed by atoms with van der Waals surface area (Å²) in [5.41, 5.74) is 0. The smallest absolute Gasteiger partial charge is 0.252 e.